The zero-order valence-electron chi connectivity index (χ0n) is 18.4. The van der Waals surface area contributed by atoms with E-state index >= 15 is 0 Å². The van der Waals surface area contributed by atoms with Crippen LogP contribution in [0.1, 0.15) is 44.3 Å². The lowest BCUT2D eigenvalue weighted by Gasteiger charge is -2.38. The smallest absolute Gasteiger partial charge is 0.231 e. The van der Waals surface area contributed by atoms with Gasteiger partial charge in [0, 0.05) is 36.8 Å². The van der Waals surface area contributed by atoms with E-state index in [0.29, 0.717) is 46.9 Å². The van der Waals surface area contributed by atoms with E-state index in [1.807, 2.05) is 6.07 Å². The molecule has 3 atom stereocenters. The first-order chi connectivity index (χ1) is 16.1. The third-order valence-corrected chi connectivity index (χ3v) is 6.96. The number of aromatic nitrogens is 6. The van der Waals surface area contributed by atoms with Crippen molar-refractivity contribution >= 4 is 5.82 Å². The van der Waals surface area contributed by atoms with E-state index in [4.69, 9.17) is 5.26 Å². The Morgan fingerprint density at radius 1 is 1.09 bits per heavy atom. The Hall–Kier alpha value is -3.58. The summed E-state index contributed by atoms with van der Waals surface area (Å²) in [7, 11) is 1.66. The number of aryl methyl sites for hydroxylation is 1. The molecule has 6 rings (SSSR count). The summed E-state index contributed by atoms with van der Waals surface area (Å²) in [4.78, 5) is 11.2. The van der Waals surface area contributed by atoms with Gasteiger partial charge in [-0.15, -0.1) is 10.2 Å². The molecule has 3 aromatic rings. The number of phenols is 1. The average Bonchev–Trinajstić information content (AvgIpc) is 3.49. The number of hydrogen-bond donors (Lipinski definition) is 2. The van der Waals surface area contributed by atoms with Gasteiger partial charge in [-0.3, -0.25) is 0 Å². The van der Waals surface area contributed by atoms with Crippen molar-refractivity contribution in [1.29, 1.82) is 5.26 Å². The summed E-state index contributed by atoms with van der Waals surface area (Å²) in [6.45, 7) is 0. The van der Waals surface area contributed by atoms with Gasteiger partial charge in [-0.1, -0.05) is 6.07 Å². The van der Waals surface area contributed by atoms with E-state index in [2.05, 4.69) is 35.5 Å². The molecular weight excluding hydrogens is 418 g/mol. The number of nitriles is 1. The maximum Gasteiger partial charge on any atom is 0.231 e. The van der Waals surface area contributed by atoms with Gasteiger partial charge < -0.3 is 15.3 Å². The Kier molecular flexibility index (Phi) is 4.73. The molecule has 2 aliphatic heterocycles. The first-order valence-corrected chi connectivity index (χ1v) is 11.5. The molecule has 168 valence electrons. The van der Waals surface area contributed by atoms with Crippen LogP contribution in [0.3, 0.4) is 0 Å². The van der Waals surface area contributed by atoms with Crippen molar-refractivity contribution in [3.63, 3.8) is 0 Å². The zero-order valence-corrected chi connectivity index (χ0v) is 18.4. The van der Waals surface area contributed by atoms with Gasteiger partial charge in [0.2, 0.25) is 5.82 Å². The third-order valence-electron chi connectivity index (χ3n) is 6.96. The van der Waals surface area contributed by atoms with Crippen LogP contribution in [0.5, 0.6) is 5.75 Å². The Morgan fingerprint density at radius 2 is 1.88 bits per heavy atom. The molecule has 33 heavy (non-hydrogen) atoms. The fourth-order valence-corrected chi connectivity index (χ4v) is 5.25. The van der Waals surface area contributed by atoms with Gasteiger partial charge >= 0.3 is 0 Å². The number of fused-ring (bicyclic) bond motifs is 2. The van der Waals surface area contributed by atoms with Crippen molar-refractivity contribution < 1.29 is 5.11 Å². The maximum absolute atomic E-state index is 10.6. The van der Waals surface area contributed by atoms with Gasteiger partial charge in [-0.2, -0.15) is 15.3 Å². The highest BCUT2D eigenvalue weighted by Crippen LogP contribution is 2.39. The second kappa shape index (κ2) is 7.78. The minimum atomic E-state index is 0.0157. The van der Waals surface area contributed by atoms with E-state index in [9.17, 15) is 5.11 Å². The summed E-state index contributed by atoms with van der Waals surface area (Å²) < 4.78 is 1.41. The van der Waals surface area contributed by atoms with Crippen LogP contribution in [0, 0.1) is 11.3 Å². The number of benzene rings is 1. The second-order valence-corrected chi connectivity index (χ2v) is 9.27. The van der Waals surface area contributed by atoms with Gasteiger partial charge in [0.15, 0.2) is 17.5 Å². The lowest BCUT2D eigenvalue weighted by atomic mass is 9.98. The first-order valence-electron chi connectivity index (χ1n) is 11.5. The zero-order chi connectivity index (χ0) is 22.5. The van der Waals surface area contributed by atoms with E-state index in [0.717, 1.165) is 18.7 Å². The molecule has 10 nitrogen and oxygen atoms in total. The first kappa shape index (κ1) is 20.1. The Labute approximate surface area is 191 Å². The molecule has 0 spiro atoms. The largest absolute Gasteiger partial charge is 0.507 e. The highest BCUT2D eigenvalue weighted by atomic mass is 16.3. The van der Waals surface area contributed by atoms with Crippen LogP contribution in [-0.4, -0.2) is 59.2 Å². The van der Waals surface area contributed by atoms with Crippen LogP contribution < -0.4 is 10.2 Å². The van der Waals surface area contributed by atoms with E-state index in [1.165, 1.54) is 30.4 Å². The number of rotatable bonds is 5. The summed E-state index contributed by atoms with van der Waals surface area (Å²) in [6, 6.07) is 9.30. The van der Waals surface area contributed by atoms with Crippen molar-refractivity contribution in [3.8, 4) is 34.6 Å². The monoisotopic (exact) mass is 443 g/mol. The number of aromatic hydroxyl groups is 1. The fraction of sp³-hybridized carbons (Fsp3) is 0.478. The van der Waals surface area contributed by atoms with Gasteiger partial charge in [0.05, 0.1) is 11.8 Å². The molecule has 2 aromatic heterocycles. The van der Waals surface area contributed by atoms with E-state index in [-0.39, 0.29) is 11.6 Å². The average molecular weight is 444 g/mol. The quantitative estimate of drug-likeness (QED) is 0.609. The summed E-state index contributed by atoms with van der Waals surface area (Å²) >= 11 is 0. The molecule has 1 aromatic carbocycles. The highest BCUT2D eigenvalue weighted by Gasteiger charge is 2.41. The van der Waals surface area contributed by atoms with E-state index in [1.54, 1.807) is 31.4 Å². The Balaban J connectivity index is 1.25. The van der Waals surface area contributed by atoms with E-state index < -0.39 is 0 Å². The van der Waals surface area contributed by atoms with Crippen molar-refractivity contribution in [2.45, 2.75) is 62.7 Å². The molecule has 0 radical (unpaired) electrons. The molecule has 1 saturated carbocycles. The Morgan fingerprint density at radius 3 is 2.48 bits per heavy atom. The molecule has 3 aliphatic rings. The Bertz CT molecular complexity index is 1220. The predicted octanol–water partition coefficient (Wildman–Crippen LogP) is 2.16. The van der Waals surface area contributed by atoms with Crippen LogP contribution >= 0.6 is 0 Å². The molecule has 10 heteroatoms. The minimum absolute atomic E-state index is 0.0157. The second-order valence-electron chi connectivity index (χ2n) is 9.27. The normalized spacial score (nSPS) is 23.9. The number of phenolic OH excluding ortho intramolecular Hbond substituents is 1. The number of hydrogen-bond acceptors (Lipinski definition) is 9. The fourth-order valence-electron chi connectivity index (χ4n) is 5.25. The van der Waals surface area contributed by atoms with Crippen molar-refractivity contribution in [1.82, 2.24) is 35.3 Å². The summed E-state index contributed by atoms with van der Waals surface area (Å²) in [5, 5.41) is 36.6. The maximum atomic E-state index is 10.6. The van der Waals surface area contributed by atoms with Crippen LogP contribution in [0.2, 0.25) is 0 Å². The standard InChI is InChI=1S/C23H25N9O/c1-31-20(11-24)27-22(30-31)13-2-7-18(19(33)8-13)23-25-12-21(28-29-23)32(16-5-6-16)17-9-14-3-4-15(10-17)26-14/h2,7-8,12,14-17,26,33H,3-6,9-10H2,1H3/t14-,15+,17-. The summed E-state index contributed by atoms with van der Waals surface area (Å²) in [6.07, 6.45) is 9.01. The third kappa shape index (κ3) is 3.68. The highest BCUT2D eigenvalue weighted by molar-refractivity contribution is 5.70. The van der Waals surface area contributed by atoms with Gasteiger partial charge in [0.25, 0.3) is 0 Å². The topological polar surface area (TPSA) is 129 Å². The molecule has 1 aliphatic carbocycles. The summed E-state index contributed by atoms with van der Waals surface area (Å²) in [5.41, 5.74) is 1.10. The van der Waals surface area contributed by atoms with Gasteiger partial charge in [-0.25, -0.2) is 9.67 Å². The molecule has 2 saturated heterocycles. The minimum Gasteiger partial charge on any atom is -0.507 e. The molecule has 0 unspecified atom stereocenters. The lowest BCUT2D eigenvalue weighted by molar-refractivity contribution is 0.343. The van der Waals surface area contributed by atoms with Gasteiger partial charge in [0.1, 0.15) is 11.8 Å². The summed E-state index contributed by atoms with van der Waals surface area (Å²) in [5.74, 6) is 1.79. The SMILES string of the molecule is Cn1nc(-c2ccc(-c3ncc(N(C4CC4)[C@@H]4C[C@H]5CC[C@@H](C4)N5)nn3)c(O)c2)nc1C#N. The molecule has 2 N–H and O–H groups in total. The van der Waals surface area contributed by atoms with Crippen molar-refractivity contribution in [3.05, 3.63) is 30.2 Å². The van der Waals surface area contributed by atoms with Gasteiger partial charge in [-0.05, 0) is 50.7 Å². The van der Waals surface area contributed by atoms with Crippen LogP contribution in [0.4, 0.5) is 5.82 Å². The molecule has 3 fully saturated rings. The number of nitrogens with one attached hydrogen (secondary N) is 1. The van der Waals surface area contributed by atoms with Crippen molar-refractivity contribution in [2.75, 3.05) is 4.90 Å². The van der Waals surface area contributed by atoms with Crippen LogP contribution in [-0.2, 0) is 7.05 Å². The van der Waals surface area contributed by atoms with Crippen molar-refractivity contribution in [2.24, 2.45) is 7.05 Å². The number of anilines is 1. The predicted molar refractivity (Wildman–Crippen MR) is 120 cm³/mol. The molecular formula is C23H25N9O. The van der Waals surface area contributed by atoms with Crippen LogP contribution in [0.25, 0.3) is 22.8 Å². The molecule has 2 bridgehead atoms. The number of piperidine rings is 1. The number of nitrogens with zero attached hydrogens (tertiary/aromatic N) is 8. The molecule has 0 amide bonds. The van der Waals surface area contributed by atoms with Crippen LogP contribution in [0.15, 0.2) is 24.4 Å². The lowest BCUT2D eigenvalue weighted by Crippen LogP contribution is -2.49. The molecule has 4 heterocycles.